The quantitative estimate of drug-likeness (QED) is 0.531. The van der Waals surface area contributed by atoms with Crippen molar-refractivity contribution in [2.45, 2.75) is 37.6 Å². The van der Waals surface area contributed by atoms with E-state index >= 15 is 0 Å². The van der Waals surface area contributed by atoms with Gasteiger partial charge in [-0.3, -0.25) is 0 Å². The Morgan fingerprint density at radius 3 is 2.43 bits per heavy atom. The molecule has 1 aliphatic carbocycles. The van der Waals surface area contributed by atoms with E-state index in [1.165, 1.54) is 12.5 Å². The van der Waals surface area contributed by atoms with Gasteiger partial charge in [-0.1, -0.05) is 42.5 Å². The molecule has 1 aromatic rings. The van der Waals surface area contributed by atoms with E-state index in [2.05, 4.69) is 5.32 Å². The standard InChI is InChI=1S/C16H18Cl3NO2.ClH/c1-20-16(7-3-2-4-8-16)10-14(19)22-15(21)11-5-6-12(17)13(18)9-11;/h5-6,9-10,20H,2-4,7-8H2,1H3;1H. The van der Waals surface area contributed by atoms with Crippen LogP contribution in [-0.2, 0) is 4.74 Å². The third-order valence-corrected chi connectivity index (χ3v) is 4.90. The summed E-state index contributed by atoms with van der Waals surface area (Å²) >= 11 is 17.8. The van der Waals surface area contributed by atoms with Gasteiger partial charge < -0.3 is 10.1 Å². The summed E-state index contributed by atoms with van der Waals surface area (Å²) in [4.78, 5) is 12.1. The molecule has 0 aliphatic heterocycles. The maximum absolute atomic E-state index is 12.1. The lowest BCUT2D eigenvalue weighted by molar-refractivity contribution is 0.0645. The van der Waals surface area contributed by atoms with Gasteiger partial charge in [-0.25, -0.2) is 4.79 Å². The number of likely N-dealkylation sites (N-methyl/N-ethyl adjacent to an activating group) is 1. The minimum atomic E-state index is -0.554. The average Bonchev–Trinajstić information content (AvgIpc) is 2.50. The second-order valence-electron chi connectivity index (χ2n) is 5.43. The molecule has 1 aliphatic rings. The fourth-order valence-electron chi connectivity index (χ4n) is 2.67. The van der Waals surface area contributed by atoms with Crippen LogP contribution in [0.2, 0.25) is 10.0 Å². The first-order valence-electron chi connectivity index (χ1n) is 7.20. The molecule has 0 amide bonds. The van der Waals surface area contributed by atoms with Gasteiger partial charge in [-0.05, 0) is 55.8 Å². The molecule has 0 radical (unpaired) electrons. The third-order valence-electron chi connectivity index (χ3n) is 3.98. The summed E-state index contributed by atoms with van der Waals surface area (Å²) in [5.74, 6) is -0.554. The minimum Gasteiger partial charge on any atom is -0.411 e. The van der Waals surface area contributed by atoms with Crippen LogP contribution < -0.4 is 5.32 Å². The summed E-state index contributed by atoms with van der Waals surface area (Å²) < 4.78 is 5.21. The Bertz CT molecular complexity index is 583. The number of halogens is 4. The van der Waals surface area contributed by atoms with E-state index in [0.29, 0.717) is 15.6 Å². The zero-order valence-electron chi connectivity index (χ0n) is 12.7. The summed E-state index contributed by atoms with van der Waals surface area (Å²) in [7, 11) is 1.90. The molecule has 0 aromatic heterocycles. The van der Waals surface area contributed by atoms with Gasteiger partial charge in [-0.15, -0.1) is 12.4 Å². The normalized spacial score (nSPS) is 17.3. The van der Waals surface area contributed by atoms with E-state index in [0.717, 1.165) is 25.7 Å². The van der Waals surface area contributed by atoms with Crippen LogP contribution in [0.25, 0.3) is 0 Å². The van der Waals surface area contributed by atoms with Gasteiger partial charge >= 0.3 is 5.97 Å². The monoisotopic (exact) mass is 397 g/mol. The Morgan fingerprint density at radius 1 is 1.22 bits per heavy atom. The number of hydrogen-bond acceptors (Lipinski definition) is 3. The zero-order chi connectivity index (χ0) is 16.2. The number of hydrogen-bond donors (Lipinski definition) is 1. The largest absolute Gasteiger partial charge is 0.411 e. The van der Waals surface area contributed by atoms with Crippen LogP contribution in [0.5, 0.6) is 0 Å². The molecule has 0 bridgehead atoms. The molecule has 2 rings (SSSR count). The van der Waals surface area contributed by atoms with Gasteiger partial charge in [0.25, 0.3) is 0 Å². The molecule has 3 nitrogen and oxygen atoms in total. The Labute approximate surface area is 157 Å². The van der Waals surface area contributed by atoms with E-state index < -0.39 is 5.97 Å². The molecule has 0 saturated heterocycles. The van der Waals surface area contributed by atoms with Crippen molar-refractivity contribution in [1.82, 2.24) is 5.32 Å². The highest BCUT2D eigenvalue weighted by Crippen LogP contribution is 2.31. The fraction of sp³-hybridized carbons (Fsp3) is 0.438. The maximum Gasteiger partial charge on any atom is 0.344 e. The Kier molecular flexibility index (Phi) is 8.19. The summed E-state index contributed by atoms with van der Waals surface area (Å²) in [6.07, 6.45) is 7.22. The average molecular weight is 399 g/mol. The molecule has 1 saturated carbocycles. The van der Waals surface area contributed by atoms with Crippen LogP contribution in [0.1, 0.15) is 42.5 Å². The van der Waals surface area contributed by atoms with Crippen LogP contribution in [0.15, 0.2) is 29.5 Å². The molecule has 1 N–H and O–H groups in total. The second kappa shape index (κ2) is 9.14. The van der Waals surface area contributed by atoms with Crippen molar-refractivity contribution in [3.8, 4) is 0 Å². The molecule has 1 fully saturated rings. The van der Waals surface area contributed by atoms with Crippen molar-refractivity contribution in [1.29, 1.82) is 0 Å². The maximum atomic E-state index is 12.1. The lowest BCUT2D eigenvalue weighted by atomic mass is 9.82. The molecule has 128 valence electrons. The van der Waals surface area contributed by atoms with Crippen LogP contribution >= 0.6 is 47.2 Å². The van der Waals surface area contributed by atoms with Crippen molar-refractivity contribution in [2.24, 2.45) is 0 Å². The third kappa shape index (κ3) is 5.54. The number of esters is 1. The summed E-state index contributed by atoms with van der Waals surface area (Å²) in [5, 5.41) is 4.05. The first-order chi connectivity index (χ1) is 10.5. The molecule has 0 atom stereocenters. The lowest BCUT2D eigenvalue weighted by Gasteiger charge is -2.34. The minimum absolute atomic E-state index is 0. The van der Waals surface area contributed by atoms with E-state index in [9.17, 15) is 4.79 Å². The van der Waals surface area contributed by atoms with Crippen molar-refractivity contribution >= 4 is 53.2 Å². The first kappa shape index (κ1) is 20.6. The van der Waals surface area contributed by atoms with E-state index in [4.69, 9.17) is 39.5 Å². The first-order valence-corrected chi connectivity index (χ1v) is 8.34. The van der Waals surface area contributed by atoms with Crippen molar-refractivity contribution in [3.63, 3.8) is 0 Å². The molecule has 7 heteroatoms. The Morgan fingerprint density at radius 2 is 1.87 bits per heavy atom. The number of rotatable bonds is 4. The predicted molar refractivity (Wildman–Crippen MR) is 97.9 cm³/mol. The summed E-state index contributed by atoms with van der Waals surface area (Å²) in [6, 6.07) is 4.56. The van der Waals surface area contributed by atoms with E-state index in [1.807, 2.05) is 7.05 Å². The van der Waals surface area contributed by atoms with Crippen LogP contribution in [-0.4, -0.2) is 18.6 Å². The summed E-state index contributed by atoms with van der Waals surface area (Å²) in [5.41, 5.74) is 0.107. The number of carbonyl (C=O) groups excluding carboxylic acids is 1. The predicted octanol–water partition coefficient (Wildman–Crippen LogP) is 5.57. The molecule has 1 aromatic carbocycles. The fourth-order valence-corrected chi connectivity index (χ4v) is 3.24. The molecule has 0 unspecified atom stereocenters. The van der Waals surface area contributed by atoms with Gasteiger partial charge in [0.1, 0.15) is 0 Å². The molecule has 23 heavy (non-hydrogen) atoms. The number of carbonyl (C=O) groups is 1. The van der Waals surface area contributed by atoms with E-state index in [-0.39, 0.29) is 23.2 Å². The summed E-state index contributed by atoms with van der Waals surface area (Å²) in [6.45, 7) is 0. The van der Waals surface area contributed by atoms with Crippen LogP contribution in [0, 0.1) is 0 Å². The number of benzene rings is 1. The highest BCUT2D eigenvalue weighted by Gasteiger charge is 2.29. The van der Waals surface area contributed by atoms with Gasteiger partial charge in [0.15, 0.2) is 5.22 Å². The molecular formula is C16H19Cl4NO2. The van der Waals surface area contributed by atoms with Gasteiger partial charge in [-0.2, -0.15) is 0 Å². The van der Waals surface area contributed by atoms with Gasteiger partial charge in [0, 0.05) is 5.54 Å². The number of nitrogens with one attached hydrogen (secondary N) is 1. The molecular weight excluding hydrogens is 380 g/mol. The number of ether oxygens (including phenoxy) is 1. The van der Waals surface area contributed by atoms with Gasteiger partial charge in [0.05, 0.1) is 15.6 Å². The van der Waals surface area contributed by atoms with Crippen LogP contribution in [0.3, 0.4) is 0 Å². The van der Waals surface area contributed by atoms with Crippen molar-refractivity contribution in [2.75, 3.05) is 7.05 Å². The topological polar surface area (TPSA) is 38.3 Å². The SMILES string of the molecule is CNC1(C=C(Cl)OC(=O)c2ccc(Cl)c(Cl)c2)CCCCC1.Cl. The highest BCUT2D eigenvalue weighted by atomic mass is 35.5. The Hall–Kier alpha value is -0.450. The smallest absolute Gasteiger partial charge is 0.344 e. The molecule has 0 heterocycles. The van der Waals surface area contributed by atoms with Crippen molar-refractivity contribution < 1.29 is 9.53 Å². The van der Waals surface area contributed by atoms with Gasteiger partial charge in [0.2, 0.25) is 0 Å². The van der Waals surface area contributed by atoms with E-state index in [1.54, 1.807) is 18.2 Å². The zero-order valence-corrected chi connectivity index (χ0v) is 15.8. The van der Waals surface area contributed by atoms with Crippen molar-refractivity contribution in [3.05, 3.63) is 45.1 Å². The molecule has 0 spiro atoms. The lowest BCUT2D eigenvalue weighted by Crippen LogP contribution is -2.43. The highest BCUT2D eigenvalue weighted by molar-refractivity contribution is 6.42. The Balaban J connectivity index is 0.00000264. The van der Waals surface area contributed by atoms with Crippen LogP contribution in [0.4, 0.5) is 0 Å². The second-order valence-corrected chi connectivity index (χ2v) is 6.62.